The summed E-state index contributed by atoms with van der Waals surface area (Å²) >= 11 is 0. The standard InChI is InChI=1S/C19H23N3O3/c1-4-21-18(13(3)14-9-7-6-8-10-14)20-12-11-15(23)17(24)16(20)19(25)22(21)5-2/h6-13,18,24H,4-5H2,1-3H3. The van der Waals surface area contributed by atoms with E-state index in [0.29, 0.717) is 13.1 Å². The van der Waals surface area contributed by atoms with Crippen LogP contribution in [-0.2, 0) is 0 Å². The third-order valence-electron chi connectivity index (χ3n) is 4.84. The third-order valence-corrected chi connectivity index (χ3v) is 4.84. The molecule has 6 heteroatoms. The predicted molar refractivity (Wildman–Crippen MR) is 95.4 cm³/mol. The van der Waals surface area contributed by atoms with Crippen LogP contribution in [0.15, 0.2) is 47.4 Å². The largest absolute Gasteiger partial charge is 0.503 e. The van der Waals surface area contributed by atoms with Gasteiger partial charge in [0.2, 0.25) is 5.43 Å². The van der Waals surface area contributed by atoms with Crippen LogP contribution in [0.4, 0.5) is 0 Å². The van der Waals surface area contributed by atoms with E-state index in [9.17, 15) is 14.7 Å². The number of nitrogens with zero attached hydrogens (tertiary/aromatic N) is 3. The van der Waals surface area contributed by atoms with Crippen molar-refractivity contribution in [1.82, 2.24) is 14.6 Å². The van der Waals surface area contributed by atoms with Gasteiger partial charge in [0.05, 0.1) is 0 Å². The van der Waals surface area contributed by atoms with Crippen LogP contribution >= 0.6 is 0 Å². The molecule has 1 aromatic carbocycles. The van der Waals surface area contributed by atoms with Crippen LogP contribution in [0.3, 0.4) is 0 Å². The van der Waals surface area contributed by atoms with Crippen molar-refractivity contribution in [2.45, 2.75) is 32.9 Å². The number of carbonyl (C=O) groups excluding carboxylic acids is 1. The Morgan fingerprint density at radius 3 is 2.36 bits per heavy atom. The molecule has 0 radical (unpaired) electrons. The highest BCUT2D eigenvalue weighted by molar-refractivity contribution is 5.95. The van der Waals surface area contributed by atoms with E-state index < -0.39 is 11.2 Å². The van der Waals surface area contributed by atoms with Crippen molar-refractivity contribution in [3.8, 4) is 5.75 Å². The van der Waals surface area contributed by atoms with Crippen LogP contribution < -0.4 is 5.43 Å². The van der Waals surface area contributed by atoms with E-state index in [1.165, 1.54) is 6.07 Å². The fourth-order valence-electron chi connectivity index (χ4n) is 3.61. The Labute approximate surface area is 146 Å². The Morgan fingerprint density at radius 1 is 1.08 bits per heavy atom. The van der Waals surface area contributed by atoms with Gasteiger partial charge in [-0.3, -0.25) is 14.6 Å². The molecule has 2 unspecified atom stereocenters. The lowest BCUT2D eigenvalue weighted by Gasteiger charge is -2.47. The number of rotatable bonds is 4. The maximum absolute atomic E-state index is 12.9. The molecule has 2 aromatic rings. The Bertz CT molecular complexity index is 832. The molecular weight excluding hydrogens is 318 g/mol. The highest BCUT2D eigenvalue weighted by atomic mass is 16.3. The summed E-state index contributed by atoms with van der Waals surface area (Å²) in [4.78, 5) is 24.7. The molecule has 0 aliphatic carbocycles. The summed E-state index contributed by atoms with van der Waals surface area (Å²) in [6.07, 6.45) is 1.39. The fourth-order valence-corrected chi connectivity index (χ4v) is 3.61. The van der Waals surface area contributed by atoms with Gasteiger partial charge in [0, 0.05) is 31.3 Å². The van der Waals surface area contributed by atoms with Crippen LogP contribution in [0.1, 0.15) is 48.9 Å². The number of aromatic hydroxyl groups is 1. The summed E-state index contributed by atoms with van der Waals surface area (Å²) in [5, 5.41) is 13.9. The van der Waals surface area contributed by atoms with E-state index in [1.807, 2.05) is 49.2 Å². The quantitative estimate of drug-likeness (QED) is 0.928. The molecule has 0 fully saturated rings. The van der Waals surface area contributed by atoms with Gasteiger partial charge in [0.15, 0.2) is 11.4 Å². The molecular formula is C19H23N3O3. The second-order valence-electron chi connectivity index (χ2n) is 6.17. The zero-order chi connectivity index (χ0) is 18.1. The molecule has 0 bridgehead atoms. The van der Waals surface area contributed by atoms with Crippen molar-refractivity contribution >= 4 is 5.91 Å². The second-order valence-corrected chi connectivity index (χ2v) is 6.17. The maximum Gasteiger partial charge on any atom is 0.288 e. The van der Waals surface area contributed by atoms with E-state index in [0.717, 1.165) is 5.56 Å². The van der Waals surface area contributed by atoms with Gasteiger partial charge < -0.3 is 9.67 Å². The number of fused-ring (bicyclic) bond motifs is 1. The van der Waals surface area contributed by atoms with Crippen LogP contribution in [0, 0.1) is 0 Å². The number of aromatic nitrogens is 1. The SMILES string of the molecule is CCN1C(=O)c2c(O)c(=O)ccn2C(C(C)c2ccccc2)N1CC. The van der Waals surface area contributed by atoms with Gasteiger partial charge in [-0.15, -0.1) is 0 Å². The number of amides is 1. The van der Waals surface area contributed by atoms with E-state index in [2.05, 4.69) is 6.92 Å². The van der Waals surface area contributed by atoms with Gasteiger partial charge in [-0.2, -0.15) is 5.01 Å². The van der Waals surface area contributed by atoms with Gasteiger partial charge in [-0.05, 0) is 12.5 Å². The Kier molecular flexibility index (Phi) is 4.63. The first-order valence-electron chi connectivity index (χ1n) is 8.58. The highest BCUT2D eigenvalue weighted by Crippen LogP contribution is 2.38. The first-order valence-corrected chi connectivity index (χ1v) is 8.58. The lowest BCUT2D eigenvalue weighted by Crippen LogP contribution is -2.56. The number of hydrazine groups is 1. The number of pyridine rings is 1. The van der Waals surface area contributed by atoms with E-state index in [4.69, 9.17) is 0 Å². The number of carbonyl (C=O) groups is 1. The van der Waals surface area contributed by atoms with E-state index in [1.54, 1.807) is 15.8 Å². The first kappa shape index (κ1) is 17.2. The molecule has 1 aliphatic rings. The van der Waals surface area contributed by atoms with Crippen molar-refractivity contribution < 1.29 is 9.90 Å². The molecule has 2 heterocycles. The zero-order valence-corrected chi connectivity index (χ0v) is 14.7. The lowest BCUT2D eigenvalue weighted by molar-refractivity contribution is -0.0783. The summed E-state index contributed by atoms with van der Waals surface area (Å²) in [6, 6.07) is 11.3. The molecule has 0 saturated heterocycles. The van der Waals surface area contributed by atoms with Crippen molar-refractivity contribution in [3.63, 3.8) is 0 Å². The summed E-state index contributed by atoms with van der Waals surface area (Å²) in [5.74, 6) is -0.785. The zero-order valence-electron chi connectivity index (χ0n) is 14.7. The van der Waals surface area contributed by atoms with E-state index in [-0.39, 0.29) is 23.7 Å². The molecule has 3 rings (SSSR count). The minimum absolute atomic E-state index is 0.0453. The van der Waals surface area contributed by atoms with Gasteiger partial charge >= 0.3 is 0 Å². The van der Waals surface area contributed by atoms with Crippen molar-refractivity contribution in [3.05, 3.63) is 64.1 Å². The van der Waals surface area contributed by atoms with Crippen LogP contribution in [-0.4, -0.2) is 38.7 Å². The monoisotopic (exact) mass is 341 g/mol. The van der Waals surface area contributed by atoms with Crippen molar-refractivity contribution in [2.75, 3.05) is 13.1 Å². The molecule has 0 saturated carbocycles. The van der Waals surface area contributed by atoms with Crippen LogP contribution in [0.25, 0.3) is 0 Å². The molecule has 1 aliphatic heterocycles. The number of hydrogen-bond donors (Lipinski definition) is 1. The molecule has 0 spiro atoms. The highest BCUT2D eigenvalue weighted by Gasteiger charge is 2.40. The molecule has 6 nitrogen and oxygen atoms in total. The lowest BCUT2D eigenvalue weighted by atomic mass is 9.96. The molecule has 25 heavy (non-hydrogen) atoms. The molecule has 132 valence electrons. The summed E-state index contributed by atoms with van der Waals surface area (Å²) in [5.41, 5.74) is 0.652. The minimum atomic E-state index is -0.535. The van der Waals surface area contributed by atoms with Crippen LogP contribution in [0.5, 0.6) is 5.75 Å². The Balaban J connectivity index is 2.22. The normalized spacial score (nSPS) is 18.9. The van der Waals surface area contributed by atoms with Crippen molar-refractivity contribution in [2.24, 2.45) is 0 Å². The second kappa shape index (κ2) is 6.72. The molecule has 2 atom stereocenters. The minimum Gasteiger partial charge on any atom is -0.503 e. The Morgan fingerprint density at radius 2 is 1.76 bits per heavy atom. The smallest absolute Gasteiger partial charge is 0.288 e. The predicted octanol–water partition coefficient (Wildman–Crippen LogP) is 2.57. The van der Waals surface area contributed by atoms with Gasteiger partial charge in [-0.1, -0.05) is 44.2 Å². The van der Waals surface area contributed by atoms with Crippen LogP contribution in [0.2, 0.25) is 0 Å². The third kappa shape index (κ3) is 2.72. The number of likely N-dealkylation sites (N-methyl/N-ethyl adjacent to an activating group) is 1. The molecule has 1 amide bonds. The Hall–Kier alpha value is -2.60. The summed E-state index contributed by atoms with van der Waals surface area (Å²) in [6.45, 7) is 7.07. The average Bonchev–Trinajstić information content (AvgIpc) is 2.64. The van der Waals surface area contributed by atoms with Crippen molar-refractivity contribution in [1.29, 1.82) is 0 Å². The molecule has 1 N–H and O–H groups in total. The van der Waals surface area contributed by atoms with E-state index >= 15 is 0 Å². The summed E-state index contributed by atoms with van der Waals surface area (Å²) in [7, 11) is 0. The van der Waals surface area contributed by atoms with Gasteiger partial charge in [0.1, 0.15) is 6.17 Å². The maximum atomic E-state index is 12.9. The topological polar surface area (TPSA) is 65.8 Å². The molecule has 1 aromatic heterocycles. The average molecular weight is 341 g/mol. The fraction of sp³-hybridized carbons (Fsp3) is 0.368. The van der Waals surface area contributed by atoms with Gasteiger partial charge in [-0.25, -0.2) is 0 Å². The van der Waals surface area contributed by atoms with Gasteiger partial charge in [0.25, 0.3) is 5.91 Å². The first-order chi connectivity index (χ1) is 12.0. The summed E-state index contributed by atoms with van der Waals surface area (Å²) < 4.78 is 1.73. The number of hydrogen-bond acceptors (Lipinski definition) is 4. The number of benzene rings is 1.